The van der Waals surface area contributed by atoms with E-state index in [1.807, 2.05) is 0 Å². The van der Waals surface area contributed by atoms with Gasteiger partial charge in [0.2, 0.25) is 0 Å². The SMILES string of the molecule is CCCS(=O)(=O)CCC(=O)c1cc(N)ccc1Br. The highest BCUT2D eigenvalue weighted by molar-refractivity contribution is 9.10. The summed E-state index contributed by atoms with van der Waals surface area (Å²) in [6, 6.07) is 4.91. The Morgan fingerprint density at radius 2 is 2.00 bits per heavy atom. The molecule has 0 atom stereocenters. The Balaban J connectivity index is 2.75. The summed E-state index contributed by atoms with van der Waals surface area (Å²) in [6.45, 7) is 1.80. The molecular formula is C12H16BrNO3S. The lowest BCUT2D eigenvalue weighted by atomic mass is 10.1. The summed E-state index contributed by atoms with van der Waals surface area (Å²) >= 11 is 3.26. The smallest absolute Gasteiger partial charge is 0.165 e. The van der Waals surface area contributed by atoms with Crippen molar-refractivity contribution in [2.24, 2.45) is 0 Å². The highest BCUT2D eigenvalue weighted by Crippen LogP contribution is 2.21. The van der Waals surface area contributed by atoms with Gasteiger partial charge in [-0.1, -0.05) is 22.9 Å². The van der Waals surface area contributed by atoms with E-state index in [9.17, 15) is 13.2 Å². The van der Waals surface area contributed by atoms with Crippen LogP contribution < -0.4 is 5.73 Å². The molecule has 100 valence electrons. The molecule has 1 aromatic carbocycles. The Labute approximate surface area is 116 Å². The molecule has 18 heavy (non-hydrogen) atoms. The number of carbonyl (C=O) groups excluding carboxylic acids is 1. The molecule has 0 saturated carbocycles. The Morgan fingerprint density at radius 3 is 2.61 bits per heavy atom. The summed E-state index contributed by atoms with van der Waals surface area (Å²) < 4.78 is 23.7. The fourth-order valence-electron chi connectivity index (χ4n) is 1.55. The molecule has 0 bridgehead atoms. The number of sulfone groups is 1. The van der Waals surface area contributed by atoms with Crippen LogP contribution >= 0.6 is 15.9 Å². The van der Waals surface area contributed by atoms with Crippen molar-refractivity contribution in [3.8, 4) is 0 Å². The van der Waals surface area contributed by atoms with Gasteiger partial charge < -0.3 is 5.73 Å². The van der Waals surface area contributed by atoms with E-state index in [2.05, 4.69) is 15.9 Å². The quantitative estimate of drug-likeness (QED) is 0.640. The number of halogens is 1. The Kier molecular flexibility index (Phi) is 5.34. The van der Waals surface area contributed by atoms with Crippen LogP contribution in [0.15, 0.2) is 22.7 Å². The molecule has 0 aliphatic rings. The van der Waals surface area contributed by atoms with E-state index >= 15 is 0 Å². The molecule has 0 aliphatic heterocycles. The van der Waals surface area contributed by atoms with Crippen molar-refractivity contribution in [2.75, 3.05) is 17.2 Å². The summed E-state index contributed by atoms with van der Waals surface area (Å²) in [5, 5.41) is 0. The zero-order chi connectivity index (χ0) is 13.8. The monoisotopic (exact) mass is 333 g/mol. The lowest BCUT2D eigenvalue weighted by Gasteiger charge is -2.05. The van der Waals surface area contributed by atoms with E-state index in [1.54, 1.807) is 25.1 Å². The molecule has 0 unspecified atom stereocenters. The van der Waals surface area contributed by atoms with E-state index in [4.69, 9.17) is 5.73 Å². The highest BCUT2D eigenvalue weighted by Gasteiger charge is 2.15. The first-order valence-corrected chi connectivity index (χ1v) is 8.26. The van der Waals surface area contributed by atoms with Crippen LogP contribution in [0.2, 0.25) is 0 Å². The Morgan fingerprint density at radius 1 is 1.33 bits per heavy atom. The Hall–Kier alpha value is -0.880. The van der Waals surface area contributed by atoms with Gasteiger partial charge in [0.1, 0.15) is 0 Å². The van der Waals surface area contributed by atoms with Crippen molar-refractivity contribution in [3.63, 3.8) is 0 Å². The first-order chi connectivity index (χ1) is 8.35. The second-order valence-corrected chi connectivity index (χ2v) is 7.22. The molecule has 6 heteroatoms. The van der Waals surface area contributed by atoms with Crippen LogP contribution in [-0.4, -0.2) is 25.7 Å². The van der Waals surface area contributed by atoms with Crippen LogP contribution in [0.5, 0.6) is 0 Å². The van der Waals surface area contributed by atoms with Crippen molar-refractivity contribution < 1.29 is 13.2 Å². The summed E-state index contributed by atoms with van der Waals surface area (Å²) in [7, 11) is -3.13. The number of hydrogen-bond donors (Lipinski definition) is 1. The van der Waals surface area contributed by atoms with Gasteiger partial charge in [0.05, 0.1) is 5.75 Å². The lowest BCUT2D eigenvalue weighted by molar-refractivity contribution is 0.0988. The summed E-state index contributed by atoms with van der Waals surface area (Å²) in [6.07, 6.45) is 0.558. The van der Waals surface area contributed by atoms with Gasteiger partial charge in [-0.05, 0) is 24.6 Å². The predicted octanol–water partition coefficient (Wildman–Crippen LogP) is 2.43. The summed E-state index contributed by atoms with van der Waals surface area (Å²) in [4.78, 5) is 11.9. The van der Waals surface area contributed by atoms with Gasteiger partial charge in [0.15, 0.2) is 15.6 Å². The molecule has 0 aliphatic carbocycles. The standard InChI is InChI=1S/C12H16BrNO3S/c1-2-6-18(16,17)7-5-12(15)10-8-9(14)3-4-11(10)13/h3-4,8H,2,5-7,14H2,1H3. The average molecular weight is 334 g/mol. The van der Waals surface area contributed by atoms with Crippen molar-refractivity contribution in [1.29, 1.82) is 0 Å². The zero-order valence-corrected chi connectivity index (χ0v) is 12.6. The molecule has 1 rings (SSSR count). The van der Waals surface area contributed by atoms with Gasteiger partial charge in [0.25, 0.3) is 0 Å². The van der Waals surface area contributed by atoms with Gasteiger partial charge in [-0.15, -0.1) is 0 Å². The number of Topliss-reactive ketones (excluding diaryl/α,β-unsaturated/α-hetero) is 1. The van der Waals surface area contributed by atoms with Gasteiger partial charge in [-0.25, -0.2) is 8.42 Å². The topological polar surface area (TPSA) is 77.2 Å². The van der Waals surface area contributed by atoms with Crippen molar-refractivity contribution in [3.05, 3.63) is 28.2 Å². The molecule has 0 radical (unpaired) electrons. The molecule has 1 aromatic rings. The third-order valence-corrected chi connectivity index (χ3v) is 4.99. The normalized spacial score (nSPS) is 11.4. The predicted molar refractivity (Wildman–Crippen MR) is 76.4 cm³/mol. The van der Waals surface area contributed by atoms with Crippen LogP contribution in [0.4, 0.5) is 5.69 Å². The van der Waals surface area contributed by atoms with Crippen LogP contribution in [0.25, 0.3) is 0 Å². The summed E-state index contributed by atoms with van der Waals surface area (Å²) in [5.74, 6) is -0.201. The van der Waals surface area contributed by atoms with Crippen molar-refractivity contribution in [1.82, 2.24) is 0 Å². The molecule has 0 spiro atoms. The van der Waals surface area contributed by atoms with Crippen LogP contribution in [0.3, 0.4) is 0 Å². The molecule has 2 N–H and O–H groups in total. The Bertz CT molecular complexity index is 540. The average Bonchev–Trinajstić information content (AvgIpc) is 2.29. The first-order valence-electron chi connectivity index (χ1n) is 5.64. The molecule has 4 nitrogen and oxygen atoms in total. The van der Waals surface area contributed by atoms with Gasteiger partial charge in [0, 0.05) is 27.9 Å². The zero-order valence-electron chi connectivity index (χ0n) is 10.1. The number of anilines is 1. The van der Waals surface area contributed by atoms with Crippen LogP contribution in [0, 0.1) is 0 Å². The van der Waals surface area contributed by atoms with Gasteiger partial charge in [-0.3, -0.25) is 4.79 Å². The second kappa shape index (κ2) is 6.33. The molecule has 0 heterocycles. The fraction of sp³-hybridized carbons (Fsp3) is 0.417. The maximum Gasteiger partial charge on any atom is 0.165 e. The van der Waals surface area contributed by atoms with E-state index < -0.39 is 9.84 Å². The number of ketones is 1. The third kappa shape index (κ3) is 4.42. The van der Waals surface area contributed by atoms with Crippen molar-refractivity contribution in [2.45, 2.75) is 19.8 Å². The fourth-order valence-corrected chi connectivity index (χ4v) is 3.34. The number of nitrogen functional groups attached to an aromatic ring is 1. The number of rotatable bonds is 6. The minimum absolute atomic E-state index is 0.00954. The third-order valence-electron chi connectivity index (χ3n) is 2.45. The van der Waals surface area contributed by atoms with E-state index in [1.165, 1.54) is 0 Å². The maximum atomic E-state index is 11.9. The number of benzene rings is 1. The minimum Gasteiger partial charge on any atom is -0.399 e. The minimum atomic E-state index is -3.13. The van der Waals surface area contributed by atoms with E-state index in [0.29, 0.717) is 22.1 Å². The second-order valence-electron chi connectivity index (χ2n) is 4.06. The summed E-state index contributed by atoms with van der Waals surface area (Å²) in [5.41, 5.74) is 6.52. The molecule has 0 fully saturated rings. The van der Waals surface area contributed by atoms with Gasteiger partial charge in [-0.2, -0.15) is 0 Å². The maximum absolute atomic E-state index is 11.9. The number of nitrogens with two attached hydrogens (primary N) is 1. The number of carbonyl (C=O) groups is 1. The van der Waals surface area contributed by atoms with E-state index in [0.717, 1.165) is 0 Å². The molecule has 0 amide bonds. The largest absolute Gasteiger partial charge is 0.399 e. The van der Waals surface area contributed by atoms with Crippen LogP contribution in [-0.2, 0) is 9.84 Å². The lowest BCUT2D eigenvalue weighted by Crippen LogP contribution is -2.14. The van der Waals surface area contributed by atoms with Gasteiger partial charge >= 0.3 is 0 Å². The molecule has 0 aromatic heterocycles. The molecular weight excluding hydrogens is 318 g/mol. The van der Waals surface area contributed by atoms with Crippen LogP contribution in [0.1, 0.15) is 30.1 Å². The van der Waals surface area contributed by atoms with E-state index in [-0.39, 0.29) is 23.7 Å². The number of hydrogen-bond acceptors (Lipinski definition) is 4. The highest BCUT2D eigenvalue weighted by atomic mass is 79.9. The first kappa shape index (κ1) is 15.2. The van der Waals surface area contributed by atoms with Crippen molar-refractivity contribution >= 4 is 37.2 Å². The molecule has 0 saturated heterocycles.